The van der Waals surface area contributed by atoms with Gasteiger partial charge in [0.1, 0.15) is 6.04 Å². The van der Waals surface area contributed by atoms with Crippen LogP contribution in [0.1, 0.15) is 5.56 Å². The van der Waals surface area contributed by atoms with E-state index >= 15 is 0 Å². The summed E-state index contributed by atoms with van der Waals surface area (Å²) in [6, 6.07) is 18.7. The number of nitrogens with one attached hydrogen (secondary N) is 2. The fourth-order valence-corrected chi connectivity index (χ4v) is 4.15. The Labute approximate surface area is 184 Å². The number of sulfonamides is 1. The SMILES string of the molecule is O=C(Nc1cccc([N+](=O)[O-])c1)[C@@H](Cc1ccccc1)NS(=O)(=O)c1ccc(Cl)cc1. The molecule has 0 saturated heterocycles. The van der Waals surface area contributed by atoms with Crippen molar-refractivity contribution in [3.8, 4) is 0 Å². The fraction of sp³-hybridized carbons (Fsp3) is 0.0952. The van der Waals surface area contributed by atoms with Crippen molar-refractivity contribution in [2.24, 2.45) is 0 Å². The summed E-state index contributed by atoms with van der Waals surface area (Å²) in [6.45, 7) is 0. The van der Waals surface area contributed by atoms with E-state index in [9.17, 15) is 23.3 Å². The first-order valence-corrected chi connectivity index (χ1v) is 11.0. The van der Waals surface area contributed by atoms with Gasteiger partial charge in [-0.3, -0.25) is 14.9 Å². The molecule has 31 heavy (non-hydrogen) atoms. The second kappa shape index (κ2) is 9.69. The molecule has 1 amide bonds. The smallest absolute Gasteiger partial charge is 0.271 e. The fourth-order valence-electron chi connectivity index (χ4n) is 2.83. The average Bonchev–Trinajstić information content (AvgIpc) is 2.74. The normalized spacial score (nSPS) is 12.2. The Morgan fingerprint density at radius 1 is 1.00 bits per heavy atom. The van der Waals surface area contributed by atoms with E-state index in [0.29, 0.717) is 5.02 Å². The number of non-ortho nitro benzene ring substituents is 1. The zero-order chi connectivity index (χ0) is 22.4. The van der Waals surface area contributed by atoms with Gasteiger partial charge in [-0.15, -0.1) is 0 Å². The number of rotatable bonds is 8. The summed E-state index contributed by atoms with van der Waals surface area (Å²) in [7, 11) is -4.03. The van der Waals surface area contributed by atoms with Crippen molar-refractivity contribution in [1.29, 1.82) is 0 Å². The predicted molar refractivity (Wildman–Crippen MR) is 117 cm³/mol. The van der Waals surface area contributed by atoms with E-state index in [0.717, 1.165) is 5.56 Å². The molecular formula is C21H18ClN3O5S. The second-order valence-electron chi connectivity index (χ2n) is 6.61. The van der Waals surface area contributed by atoms with Gasteiger partial charge in [-0.1, -0.05) is 48.0 Å². The highest BCUT2D eigenvalue weighted by atomic mass is 35.5. The zero-order valence-electron chi connectivity index (χ0n) is 16.1. The summed E-state index contributed by atoms with van der Waals surface area (Å²) < 4.78 is 28.1. The first-order chi connectivity index (χ1) is 14.7. The van der Waals surface area contributed by atoms with Gasteiger partial charge in [-0.05, 0) is 42.3 Å². The molecule has 3 aromatic rings. The number of carbonyl (C=O) groups is 1. The van der Waals surface area contributed by atoms with Crippen molar-refractivity contribution in [2.75, 3.05) is 5.32 Å². The summed E-state index contributed by atoms with van der Waals surface area (Å²) in [5.41, 5.74) is 0.725. The van der Waals surface area contributed by atoms with E-state index in [2.05, 4.69) is 10.0 Å². The largest absolute Gasteiger partial charge is 0.324 e. The maximum Gasteiger partial charge on any atom is 0.271 e. The van der Waals surface area contributed by atoms with Crippen molar-refractivity contribution in [3.05, 3.63) is 99.6 Å². The van der Waals surface area contributed by atoms with Crippen LogP contribution in [0, 0.1) is 10.1 Å². The molecule has 10 heteroatoms. The minimum absolute atomic E-state index is 0.0434. The van der Waals surface area contributed by atoms with Crippen LogP contribution >= 0.6 is 11.6 Å². The van der Waals surface area contributed by atoms with Crippen LogP contribution in [0.3, 0.4) is 0 Å². The van der Waals surface area contributed by atoms with Gasteiger partial charge in [0.05, 0.1) is 9.82 Å². The van der Waals surface area contributed by atoms with Gasteiger partial charge in [-0.2, -0.15) is 4.72 Å². The van der Waals surface area contributed by atoms with Crippen molar-refractivity contribution in [2.45, 2.75) is 17.4 Å². The zero-order valence-corrected chi connectivity index (χ0v) is 17.6. The maximum absolute atomic E-state index is 12.9. The third kappa shape index (κ3) is 6.11. The van der Waals surface area contributed by atoms with Crippen molar-refractivity contribution in [3.63, 3.8) is 0 Å². The molecule has 0 bridgehead atoms. The lowest BCUT2D eigenvalue weighted by Gasteiger charge is -2.19. The number of carbonyl (C=O) groups excluding carboxylic acids is 1. The molecule has 0 fully saturated rings. The van der Waals surface area contributed by atoms with Crippen LogP contribution in [0.25, 0.3) is 0 Å². The van der Waals surface area contributed by atoms with Crippen LogP contribution in [0.2, 0.25) is 5.02 Å². The number of anilines is 1. The Balaban J connectivity index is 1.86. The van der Waals surface area contributed by atoms with E-state index in [1.807, 2.05) is 0 Å². The van der Waals surface area contributed by atoms with Gasteiger partial charge in [0, 0.05) is 22.8 Å². The number of nitro groups is 1. The topological polar surface area (TPSA) is 118 Å². The van der Waals surface area contributed by atoms with Crippen molar-refractivity contribution >= 4 is 38.9 Å². The summed E-state index contributed by atoms with van der Waals surface area (Å²) in [5.74, 6) is -0.651. The number of nitro benzene ring substituents is 1. The van der Waals surface area contributed by atoms with Crippen LogP contribution in [0.4, 0.5) is 11.4 Å². The van der Waals surface area contributed by atoms with Crippen LogP contribution in [-0.4, -0.2) is 25.3 Å². The molecule has 2 N–H and O–H groups in total. The van der Waals surface area contributed by atoms with Crippen molar-refractivity contribution < 1.29 is 18.1 Å². The predicted octanol–water partition coefficient (Wildman–Crippen LogP) is 3.78. The Morgan fingerprint density at radius 3 is 2.32 bits per heavy atom. The molecule has 1 atom stereocenters. The van der Waals surface area contributed by atoms with E-state index < -0.39 is 26.9 Å². The molecule has 3 aromatic carbocycles. The van der Waals surface area contributed by atoms with Crippen LogP contribution < -0.4 is 10.0 Å². The van der Waals surface area contributed by atoms with Gasteiger partial charge in [0.2, 0.25) is 15.9 Å². The number of hydrogen-bond donors (Lipinski definition) is 2. The lowest BCUT2D eigenvalue weighted by molar-refractivity contribution is -0.384. The van der Waals surface area contributed by atoms with Gasteiger partial charge >= 0.3 is 0 Å². The number of nitrogens with zero attached hydrogens (tertiary/aromatic N) is 1. The Kier molecular flexibility index (Phi) is 7.01. The van der Waals surface area contributed by atoms with Gasteiger partial charge in [0.25, 0.3) is 5.69 Å². The van der Waals surface area contributed by atoms with E-state index in [-0.39, 0.29) is 22.7 Å². The monoisotopic (exact) mass is 459 g/mol. The molecule has 0 aliphatic rings. The Morgan fingerprint density at radius 2 is 1.68 bits per heavy atom. The molecule has 160 valence electrons. The van der Waals surface area contributed by atoms with E-state index in [1.54, 1.807) is 30.3 Å². The molecule has 0 radical (unpaired) electrons. The molecule has 0 aromatic heterocycles. The molecule has 0 aliphatic carbocycles. The first kappa shape index (κ1) is 22.4. The van der Waals surface area contributed by atoms with Crippen LogP contribution in [0.15, 0.2) is 83.8 Å². The van der Waals surface area contributed by atoms with Gasteiger partial charge in [-0.25, -0.2) is 8.42 Å². The average molecular weight is 460 g/mol. The minimum Gasteiger partial charge on any atom is -0.324 e. The summed E-state index contributed by atoms with van der Waals surface area (Å²) in [6.07, 6.45) is 0.0778. The first-order valence-electron chi connectivity index (χ1n) is 9.12. The maximum atomic E-state index is 12.9. The summed E-state index contributed by atoms with van der Waals surface area (Å²) in [5, 5.41) is 13.9. The van der Waals surface area contributed by atoms with Crippen molar-refractivity contribution in [1.82, 2.24) is 4.72 Å². The molecule has 0 unspecified atom stereocenters. The molecule has 8 nitrogen and oxygen atoms in total. The number of amides is 1. The highest BCUT2D eigenvalue weighted by Gasteiger charge is 2.26. The standard InChI is InChI=1S/C21H18ClN3O5S/c22-16-9-11-19(12-10-16)31(29,30)24-20(13-15-5-2-1-3-6-15)21(26)23-17-7-4-8-18(14-17)25(27)28/h1-12,14,20,24H,13H2,(H,23,26)/t20-/m1/s1. The highest BCUT2D eigenvalue weighted by molar-refractivity contribution is 7.89. The molecule has 0 spiro atoms. The molecule has 0 heterocycles. The number of benzene rings is 3. The Bertz CT molecular complexity index is 1190. The number of hydrogen-bond acceptors (Lipinski definition) is 5. The third-order valence-electron chi connectivity index (χ3n) is 4.34. The quantitative estimate of drug-likeness (QED) is 0.392. The second-order valence-corrected chi connectivity index (χ2v) is 8.76. The van der Waals surface area contributed by atoms with E-state index in [1.165, 1.54) is 48.5 Å². The minimum atomic E-state index is -4.03. The molecule has 0 saturated carbocycles. The molecular weight excluding hydrogens is 442 g/mol. The third-order valence-corrected chi connectivity index (χ3v) is 6.08. The van der Waals surface area contributed by atoms with Gasteiger partial charge < -0.3 is 5.32 Å². The summed E-state index contributed by atoms with van der Waals surface area (Å²) in [4.78, 5) is 23.3. The van der Waals surface area contributed by atoms with Crippen LogP contribution in [0.5, 0.6) is 0 Å². The number of halogens is 1. The highest BCUT2D eigenvalue weighted by Crippen LogP contribution is 2.19. The summed E-state index contributed by atoms with van der Waals surface area (Å²) >= 11 is 5.82. The Hall–Kier alpha value is -3.27. The molecule has 0 aliphatic heterocycles. The van der Waals surface area contributed by atoms with E-state index in [4.69, 9.17) is 11.6 Å². The van der Waals surface area contributed by atoms with Crippen LogP contribution in [-0.2, 0) is 21.2 Å². The molecule has 3 rings (SSSR count). The lowest BCUT2D eigenvalue weighted by Crippen LogP contribution is -2.45. The lowest BCUT2D eigenvalue weighted by atomic mass is 10.1. The van der Waals surface area contributed by atoms with Gasteiger partial charge in [0.15, 0.2) is 0 Å².